The molecule has 0 bridgehead atoms. The summed E-state index contributed by atoms with van der Waals surface area (Å²) in [6, 6.07) is 16.8. The summed E-state index contributed by atoms with van der Waals surface area (Å²) in [7, 11) is 0. The number of carbonyl (C=O) groups excluding carboxylic acids is 1. The third-order valence-electron chi connectivity index (χ3n) is 2.14. The molecular formula is C13H11N2O. The van der Waals surface area contributed by atoms with Crippen LogP contribution in [0.1, 0.15) is 10.4 Å². The summed E-state index contributed by atoms with van der Waals surface area (Å²) in [5.41, 5.74) is 7.53. The van der Waals surface area contributed by atoms with Crippen LogP contribution in [0, 0.1) is 6.07 Å². The van der Waals surface area contributed by atoms with E-state index in [1.807, 2.05) is 0 Å². The average molecular weight is 211 g/mol. The fourth-order valence-corrected chi connectivity index (χ4v) is 1.30. The van der Waals surface area contributed by atoms with Gasteiger partial charge in [0.1, 0.15) is 0 Å². The Kier molecular flexibility index (Phi) is 2.87. The van der Waals surface area contributed by atoms with Gasteiger partial charge in [0.2, 0.25) is 0 Å². The fourth-order valence-electron chi connectivity index (χ4n) is 1.30. The molecule has 2 rings (SSSR count). The second-order valence-corrected chi connectivity index (χ2v) is 3.37. The first-order valence-electron chi connectivity index (χ1n) is 4.89. The van der Waals surface area contributed by atoms with Crippen molar-refractivity contribution in [2.75, 3.05) is 11.1 Å². The van der Waals surface area contributed by atoms with Crippen molar-refractivity contribution in [2.45, 2.75) is 0 Å². The van der Waals surface area contributed by atoms with Crippen LogP contribution >= 0.6 is 0 Å². The van der Waals surface area contributed by atoms with Crippen molar-refractivity contribution >= 4 is 17.3 Å². The number of amides is 1. The van der Waals surface area contributed by atoms with Gasteiger partial charge in [0.15, 0.2) is 0 Å². The van der Waals surface area contributed by atoms with Gasteiger partial charge in [0, 0.05) is 16.9 Å². The quantitative estimate of drug-likeness (QED) is 0.749. The maximum atomic E-state index is 11.7. The van der Waals surface area contributed by atoms with Crippen molar-refractivity contribution in [2.24, 2.45) is 0 Å². The second-order valence-electron chi connectivity index (χ2n) is 3.37. The van der Waals surface area contributed by atoms with Gasteiger partial charge < -0.3 is 11.1 Å². The van der Waals surface area contributed by atoms with Gasteiger partial charge in [-0.25, -0.2) is 0 Å². The number of rotatable bonds is 2. The van der Waals surface area contributed by atoms with Gasteiger partial charge in [0.25, 0.3) is 5.91 Å². The lowest BCUT2D eigenvalue weighted by Gasteiger charge is -2.04. The molecule has 16 heavy (non-hydrogen) atoms. The first-order valence-corrected chi connectivity index (χ1v) is 4.89. The standard InChI is InChI=1S/C13H11N2O/c14-11-6-8-12(9-7-11)15-13(16)10-4-2-1-3-5-10/h1-2,4-9H,14H2,(H,15,16). The summed E-state index contributed by atoms with van der Waals surface area (Å²) in [5, 5.41) is 2.77. The summed E-state index contributed by atoms with van der Waals surface area (Å²) < 4.78 is 0. The third-order valence-corrected chi connectivity index (χ3v) is 2.14. The molecule has 0 unspecified atom stereocenters. The minimum atomic E-state index is -0.151. The third kappa shape index (κ3) is 2.39. The summed E-state index contributed by atoms with van der Waals surface area (Å²) >= 11 is 0. The zero-order chi connectivity index (χ0) is 11.4. The van der Waals surface area contributed by atoms with E-state index in [0.29, 0.717) is 11.3 Å². The highest BCUT2D eigenvalue weighted by Gasteiger charge is 2.04. The Balaban J connectivity index is 2.11. The molecule has 0 aromatic heterocycles. The lowest BCUT2D eigenvalue weighted by molar-refractivity contribution is 0.102. The molecule has 2 aromatic carbocycles. The molecule has 0 saturated carbocycles. The Morgan fingerprint density at radius 2 is 1.94 bits per heavy atom. The summed E-state index contributed by atoms with van der Waals surface area (Å²) in [6.07, 6.45) is 0. The lowest BCUT2D eigenvalue weighted by atomic mass is 10.2. The van der Waals surface area contributed by atoms with Gasteiger partial charge >= 0.3 is 0 Å². The van der Waals surface area contributed by atoms with Crippen LogP contribution < -0.4 is 11.1 Å². The number of hydrogen-bond donors (Lipinski definition) is 2. The van der Waals surface area contributed by atoms with Gasteiger partial charge in [0.05, 0.1) is 0 Å². The summed E-state index contributed by atoms with van der Waals surface area (Å²) in [6.45, 7) is 0. The van der Waals surface area contributed by atoms with Crippen molar-refractivity contribution in [3.05, 3.63) is 60.2 Å². The maximum absolute atomic E-state index is 11.7. The highest BCUT2D eigenvalue weighted by Crippen LogP contribution is 2.11. The van der Waals surface area contributed by atoms with Gasteiger partial charge in [-0.2, -0.15) is 0 Å². The molecule has 0 aliphatic heterocycles. The highest BCUT2D eigenvalue weighted by atomic mass is 16.1. The van der Waals surface area contributed by atoms with Crippen LogP contribution in [0.2, 0.25) is 0 Å². The Morgan fingerprint density at radius 1 is 1.19 bits per heavy atom. The molecule has 0 spiro atoms. The van der Waals surface area contributed by atoms with Crippen molar-refractivity contribution in [1.82, 2.24) is 0 Å². The Bertz CT molecular complexity index is 477. The molecule has 0 aliphatic carbocycles. The number of nitrogen functional groups attached to an aromatic ring is 1. The van der Waals surface area contributed by atoms with Crippen LogP contribution in [0.4, 0.5) is 11.4 Å². The number of carbonyl (C=O) groups is 1. The first kappa shape index (κ1) is 10.2. The van der Waals surface area contributed by atoms with E-state index in [-0.39, 0.29) is 5.91 Å². The summed E-state index contributed by atoms with van der Waals surface area (Å²) in [4.78, 5) is 11.7. The number of nitrogens with two attached hydrogens (primary N) is 1. The first-order chi connectivity index (χ1) is 7.75. The van der Waals surface area contributed by atoms with Crippen LogP contribution in [0.5, 0.6) is 0 Å². The topological polar surface area (TPSA) is 55.1 Å². The lowest BCUT2D eigenvalue weighted by Crippen LogP contribution is -2.11. The molecule has 1 radical (unpaired) electrons. The monoisotopic (exact) mass is 211 g/mol. The van der Waals surface area contributed by atoms with Crippen LogP contribution in [0.3, 0.4) is 0 Å². The van der Waals surface area contributed by atoms with E-state index in [0.717, 1.165) is 5.69 Å². The highest BCUT2D eigenvalue weighted by molar-refractivity contribution is 6.04. The maximum Gasteiger partial charge on any atom is 0.255 e. The minimum Gasteiger partial charge on any atom is -0.399 e. The molecule has 3 heteroatoms. The molecule has 2 aromatic rings. The van der Waals surface area contributed by atoms with E-state index in [1.54, 1.807) is 48.5 Å². The van der Waals surface area contributed by atoms with E-state index in [1.165, 1.54) is 0 Å². The smallest absolute Gasteiger partial charge is 0.255 e. The Labute approximate surface area is 93.9 Å². The van der Waals surface area contributed by atoms with Gasteiger partial charge in [-0.3, -0.25) is 4.79 Å². The van der Waals surface area contributed by atoms with Crippen LogP contribution in [0.25, 0.3) is 0 Å². The van der Waals surface area contributed by atoms with Crippen LogP contribution in [-0.2, 0) is 0 Å². The Hall–Kier alpha value is -2.29. The van der Waals surface area contributed by atoms with Gasteiger partial charge in [-0.1, -0.05) is 12.1 Å². The zero-order valence-electron chi connectivity index (χ0n) is 8.60. The molecule has 3 N–H and O–H groups in total. The zero-order valence-corrected chi connectivity index (χ0v) is 8.60. The van der Waals surface area contributed by atoms with E-state index < -0.39 is 0 Å². The number of hydrogen-bond acceptors (Lipinski definition) is 2. The van der Waals surface area contributed by atoms with Crippen LogP contribution in [-0.4, -0.2) is 5.91 Å². The number of nitrogens with one attached hydrogen (secondary N) is 1. The number of anilines is 2. The van der Waals surface area contributed by atoms with Gasteiger partial charge in [-0.05, 0) is 42.5 Å². The van der Waals surface area contributed by atoms with Crippen LogP contribution in [0.15, 0.2) is 48.5 Å². The molecule has 3 nitrogen and oxygen atoms in total. The van der Waals surface area contributed by atoms with E-state index >= 15 is 0 Å². The van der Waals surface area contributed by atoms with Crippen molar-refractivity contribution in [3.8, 4) is 0 Å². The second kappa shape index (κ2) is 4.49. The van der Waals surface area contributed by atoms with E-state index in [4.69, 9.17) is 5.73 Å². The van der Waals surface area contributed by atoms with Gasteiger partial charge in [-0.15, -0.1) is 0 Å². The molecule has 1 amide bonds. The molecule has 0 aliphatic rings. The predicted molar refractivity (Wildman–Crippen MR) is 64.1 cm³/mol. The normalized spacial score (nSPS) is 9.75. The van der Waals surface area contributed by atoms with Crippen molar-refractivity contribution in [3.63, 3.8) is 0 Å². The SMILES string of the molecule is Nc1ccc(NC(=O)c2c[c]ccc2)cc1. The van der Waals surface area contributed by atoms with E-state index in [9.17, 15) is 4.79 Å². The van der Waals surface area contributed by atoms with E-state index in [2.05, 4.69) is 11.4 Å². The molecular weight excluding hydrogens is 200 g/mol. The molecule has 0 saturated heterocycles. The minimum absolute atomic E-state index is 0.151. The average Bonchev–Trinajstić information content (AvgIpc) is 2.33. The number of benzene rings is 2. The summed E-state index contributed by atoms with van der Waals surface area (Å²) in [5.74, 6) is -0.151. The molecule has 0 fully saturated rings. The van der Waals surface area contributed by atoms with Crippen molar-refractivity contribution in [1.29, 1.82) is 0 Å². The predicted octanol–water partition coefficient (Wildman–Crippen LogP) is 2.32. The molecule has 0 heterocycles. The molecule has 0 atom stereocenters. The largest absolute Gasteiger partial charge is 0.399 e. The fraction of sp³-hybridized carbons (Fsp3) is 0. The molecule has 79 valence electrons. The Morgan fingerprint density at radius 3 is 2.56 bits per heavy atom. The van der Waals surface area contributed by atoms with Crippen molar-refractivity contribution < 1.29 is 4.79 Å².